The van der Waals surface area contributed by atoms with Gasteiger partial charge in [-0.15, -0.1) is 0 Å². The first-order valence-corrected chi connectivity index (χ1v) is 10.5. The highest BCUT2D eigenvalue weighted by Gasteiger charge is 2.30. The maximum Gasteiger partial charge on any atom is 0.262 e. The number of rotatable bonds is 4. The lowest BCUT2D eigenvalue weighted by molar-refractivity contribution is -0.130. The molecule has 9 nitrogen and oxygen atoms in total. The van der Waals surface area contributed by atoms with Crippen LogP contribution in [0.5, 0.6) is 11.5 Å². The van der Waals surface area contributed by atoms with Gasteiger partial charge in [-0.25, -0.2) is 13.4 Å². The fraction of sp³-hybridized carbons (Fsp3) is 0.444. The molecule has 0 spiro atoms. The van der Waals surface area contributed by atoms with Gasteiger partial charge >= 0.3 is 0 Å². The van der Waals surface area contributed by atoms with E-state index in [1.54, 1.807) is 22.6 Å². The smallest absolute Gasteiger partial charge is 0.262 e. The van der Waals surface area contributed by atoms with Gasteiger partial charge in [-0.05, 0) is 24.1 Å². The van der Waals surface area contributed by atoms with Gasteiger partial charge in [0.25, 0.3) is 10.0 Å². The maximum atomic E-state index is 12.8. The molecule has 0 unspecified atom stereocenters. The maximum absolute atomic E-state index is 12.8. The van der Waals surface area contributed by atoms with Crippen LogP contribution in [0.25, 0.3) is 0 Å². The first-order valence-electron chi connectivity index (χ1n) is 9.08. The predicted octanol–water partition coefficient (Wildman–Crippen LogP) is 0.615. The number of nitrogens with zero attached hydrogens (tertiary/aromatic N) is 4. The molecule has 1 saturated heterocycles. The van der Waals surface area contributed by atoms with E-state index >= 15 is 0 Å². The Kier molecular flexibility index (Phi) is 4.98. The monoisotopic (exact) mass is 406 g/mol. The Bertz CT molecular complexity index is 988. The van der Waals surface area contributed by atoms with Crippen molar-refractivity contribution in [3.63, 3.8) is 0 Å². The van der Waals surface area contributed by atoms with E-state index in [1.165, 1.54) is 16.8 Å². The molecule has 0 N–H and O–H groups in total. The standard InChI is InChI=1S/C18H22N4O5S/c1-20-11-17(19-12-20)28(24,25)22-6-2-5-21(7-8-22)18(23)10-14-3-4-15-16(9-14)27-13-26-15/h3-4,9,11-12H,2,5-8,10,13H2,1H3. The van der Waals surface area contributed by atoms with Crippen molar-refractivity contribution in [1.82, 2.24) is 18.8 Å². The first-order chi connectivity index (χ1) is 13.4. The summed E-state index contributed by atoms with van der Waals surface area (Å²) in [6.45, 7) is 1.70. The lowest BCUT2D eigenvalue weighted by Crippen LogP contribution is -2.38. The SMILES string of the molecule is Cn1cnc(S(=O)(=O)N2CCCN(C(=O)Cc3ccc4c(c3)OCO4)CC2)c1. The summed E-state index contributed by atoms with van der Waals surface area (Å²) in [6, 6.07) is 5.46. The highest BCUT2D eigenvalue weighted by molar-refractivity contribution is 7.89. The molecule has 150 valence electrons. The Balaban J connectivity index is 1.40. The molecule has 0 aliphatic carbocycles. The van der Waals surface area contributed by atoms with E-state index in [0.29, 0.717) is 37.6 Å². The number of amides is 1. The second kappa shape index (κ2) is 7.44. The largest absolute Gasteiger partial charge is 0.454 e. The zero-order valence-electron chi connectivity index (χ0n) is 15.6. The van der Waals surface area contributed by atoms with Gasteiger partial charge in [-0.3, -0.25) is 4.79 Å². The zero-order chi connectivity index (χ0) is 19.7. The zero-order valence-corrected chi connectivity index (χ0v) is 16.4. The topological polar surface area (TPSA) is 94.0 Å². The third-order valence-electron chi connectivity index (χ3n) is 4.89. The lowest BCUT2D eigenvalue weighted by atomic mass is 10.1. The molecule has 0 saturated carbocycles. The molecule has 1 fully saturated rings. The molecule has 2 aliphatic rings. The van der Waals surface area contributed by atoms with Crippen molar-refractivity contribution in [3.8, 4) is 11.5 Å². The number of hydrogen-bond acceptors (Lipinski definition) is 6. The Hall–Kier alpha value is -2.59. The second-order valence-electron chi connectivity index (χ2n) is 6.88. The first kappa shape index (κ1) is 18.8. The molecule has 1 aromatic heterocycles. The van der Waals surface area contributed by atoms with Crippen LogP contribution < -0.4 is 9.47 Å². The summed E-state index contributed by atoms with van der Waals surface area (Å²) in [5.41, 5.74) is 0.844. The number of sulfonamides is 1. The molecule has 1 aromatic carbocycles. The van der Waals surface area contributed by atoms with Crippen LogP contribution in [-0.4, -0.2) is 66.1 Å². The Morgan fingerprint density at radius 3 is 2.75 bits per heavy atom. The van der Waals surface area contributed by atoms with Crippen molar-refractivity contribution >= 4 is 15.9 Å². The van der Waals surface area contributed by atoms with E-state index in [1.807, 2.05) is 12.1 Å². The Morgan fingerprint density at radius 2 is 1.96 bits per heavy atom. The predicted molar refractivity (Wildman–Crippen MR) is 99.4 cm³/mol. The second-order valence-corrected chi connectivity index (χ2v) is 8.76. The molecule has 0 atom stereocenters. The van der Waals surface area contributed by atoms with E-state index in [0.717, 1.165) is 5.56 Å². The van der Waals surface area contributed by atoms with Crippen LogP contribution in [0.1, 0.15) is 12.0 Å². The quantitative estimate of drug-likeness (QED) is 0.739. The molecule has 2 aromatic rings. The van der Waals surface area contributed by atoms with E-state index in [2.05, 4.69) is 4.98 Å². The minimum absolute atomic E-state index is 0.0315. The number of fused-ring (bicyclic) bond motifs is 1. The summed E-state index contributed by atoms with van der Waals surface area (Å²) in [5.74, 6) is 1.30. The minimum atomic E-state index is -3.65. The van der Waals surface area contributed by atoms with Crippen LogP contribution in [0.3, 0.4) is 0 Å². The van der Waals surface area contributed by atoms with Gasteiger partial charge < -0.3 is 18.9 Å². The van der Waals surface area contributed by atoms with Crippen molar-refractivity contribution in [1.29, 1.82) is 0 Å². The summed E-state index contributed by atoms with van der Waals surface area (Å²) in [7, 11) is -1.92. The fourth-order valence-corrected chi connectivity index (χ4v) is 4.81. The number of aromatic nitrogens is 2. The summed E-state index contributed by atoms with van der Waals surface area (Å²) in [4.78, 5) is 18.4. The van der Waals surface area contributed by atoms with E-state index in [4.69, 9.17) is 9.47 Å². The molecule has 2 aliphatic heterocycles. The summed E-state index contributed by atoms with van der Waals surface area (Å²) in [5, 5.41) is 0.0372. The molecular weight excluding hydrogens is 384 g/mol. The number of carbonyl (C=O) groups excluding carboxylic acids is 1. The van der Waals surface area contributed by atoms with Crippen LogP contribution in [0.2, 0.25) is 0 Å². The van der Waals surface area contributed by atoms with Crippen LogP contribution in [-0.2, 0) is 28.3 Å². The van der Waals surface area contributed by atoms with Crippen molar-refractivity contribution in [2.75, 3.05) is 33.0 Å². The minimum Gasteiger partial charge on any atom is -0.454 e. The van der Waals surface area contributed by atoms with Crippen LogP contribution in [0.15, 0.2) is 35.7 Å². The Labute approximate surface area is 163 Å². The summed E-state index contributed by atoms with van der Waals surface area (Å²) in [6.07, 6.45) is 3.78. The lowest BCUT2D eigenvalue weighted by Gasteiger charge is -2.21. The molecule has 1 amide bonds. The number of aryl methyl sites for hydroxylation is 1. The van der Waals surface area contributed by atoms with E-state index in [9.17, 15) is 13.2 Å². The van der Waals surface area contributed by atoms with Crippen molar-refractivity contribution in [3.05, 3.63) is 36.3 Å². The van der Waals surface area contributed by atoms with Crippen molar-refractivity contribution < 1.29 is 22.7 Å². The molecule has 3 heterocycles. The number of benzene rings is 1. The van der Waals surface area contributed by atoms with Gasteiger partial charge in [0.05, 0.1) is 12.7 Å². The molecular formula is C18H22N4O5S. The average Bonchev–Trinajstić information content (AvgIpc) is 3.23. The van der Waals surface area contributed by atoms with Gasteiger partial charge in [0.1, 0.15) is 0 Å². The highest BCUT2D eigenvalue weighted by atomic mass is 32.2. The average molecular weight is 406 g/mol. The highest BCUT2D eigenvalue weighted by Crippen LogP contribution is 2.32. The normalized spacial score (nSPS) is 17.5. The molecule has 28 heavy (non-hydrogen) atoms. The van der Waals surface area contributed by atoms with Crippen molar-refractivity contribution in [2.45, 2.75) is 17.9 Å². The van der Waals surface area contributed by atoms with Crippen LogP contribution >= 0.6 is 0 Å². The van der Waals surface area contributed by atoms with E-state index < -0.39 is 10.0 Å². The number of ether oxygens (including phenoxy) is 2. The van der Waals surface area contributed by atoms with Crippen molar-refractivity contribution in [2.24, 2.45) is 7.05 Å². The number of hydrogen-bond donors (Lipinski definition) is 0. The third kappa shape index (κ3) is 3.69. The summed E-state index contributed by atoms with van der Waals surface area (Å²) >= 11 is 0. The van der Waals surface area contributed by atoms with E-state index in [-0.39, 0.29) is 30.7 Å². The number of carbonyl (C=O) groups is 1. The molecule has 10 heteroatoms. The van der Waals surface area contributed by atoms with Gasteiger partial charge in [0.2, 0.25) is 12.7 Å². The van der Waals surface area contributed by atoms with Gasteiger partial charge in [0, 0.05) is 39.4 Å². The van der Waals surface area contributed by atoms with Gasteiger partial charge in [-0.2, -0.15) is 4.31 Å². The van der Waals surface area contributed by atoms with Gasteiger partial charge in [0.15, 0.2) is 16.5 Å². The fourth-order valence-electron chi connectivity index (χ4n) is 3.38. The number of imidazole rings is 1. The van der Waals surface area contributed by atoms with Gasteiger partial charge in [-0.1, -0.05) is 6.07 Å². The molecule has 0 radical (unpaired) electrons. The van der Waals surface area contributed by atoms with Crippen LogP contribution in [0.4, 0.5) is 0 Å². The van der Waals surface area contributed by atoms with Crippen LogP contribution in [0, 0.1) is 0 Å². The molecule has 4 rings (SSSR count). The third-order valence-corrected chi connectivity index (χ3v) is 6.67. The molecule has 0 bridgehead atoms. The Morgan fingerprint density at radius 1 is 1.14 bits per heavy atom. The summed E-state index contributed by atoms with van der Waals surface area (Å²) < 4.78 is 39.1.